The molecule has 2 N–H and O–H groups in total. The summed E-state index contributed by atoms with van der Waals surface area (Å²) in [7, 11) is 1.90. The van der Waals surface area contributed by atoms with Gasteiger partial charge < -0.3 is 10.6 Å². The minimum Gasteiger partial charge on any atom is -0.355 e. The third-order valence-corrected chi connectivity index (χ3v) is 3.07. The summed E-state index contributed by atoms with van der Waals surface area (Å²) >= 11 is 0. The van der Waals surface area contributed by atoms with Crippen LogP contribution in [0, 0.1) is 11.3 Å². The second-order valence-corrected chi connectivity index (χ2v) is 5.46. The molecule has 0 bridgehead atoms. The summed E-state index contributed by atoms with van der Waals surface area (Å²) in [5, 5.41) is 6.02. The van der Waals surface area contributed by atoms with E-state index >= 15 is 0 Å². The molecule has 0 aromatic heterocycles. The van der Waals surface area contributed by atoms with Crippen LogP contribution in [0.4, 0.5) is 0 Å². The number of carbonyl (C=O) groups excluding carboxylic acids is 1. The Morgan fingerprint density at radius 1 is 1.27 bits per heavy atom. The first-order chi connectivity index (χ1) is 6.77. The Morgan fingerprint density at radius 2 is 1.80 bits per heavy atom. The van der Waals surface area contributed by atoms with Crippen molar-refractivity contribution in [1.82, 2.24) is 10.6 Å². The van der Waals surface area contributed by atoms with Crippen molar-refractivity contribution in [2.24, 2.45) is 11.3 Å². The lowest BCUT2D eigenvalue weighted by Crippen LogP contribution is -2.38. The van der Waals surface area contributed by atoms with Crippen molar-refractivity contribution < 1.29 is 4.79 Å². The molecule has 0 saturated carbocycles. The van der Waals surface area contributed by atoms with E-state index in [-0.39, 0.29) is 11.3 Å². The maximum atomic E-state index is 11.6. The van der Waals surface area contributed by atoms with Crippen LogP contribution in [-0.4, -0.2) is 25.5 Å². The fourth-order valence-corrected chi connectivity index (χ4v) is 1.03. The van der Waals surface area contributed by atoms with Gasteiger partial charge in [-0.2, -0.15) is 0 Å². The Bertz CT molecular complexity index is 196. The van der Waals surface area contributed by atoms with E-state index in [4.69, 9.17) is 0 Å². The minimum absolute atomic E-state index is 0.152. The van der Waals surface area contributed by atoms with Crippen molar-refractivity contribution in [3.63, 3.8) is 0 Å². The summed E-state index contributed by atoms with van der Waals surface area (Å²) in [6.07, 6.45) is 0.611. The van der Waals surface area contributed by atoms with Crippen LogP contribution in [0.1, 0.15) is 41.0 Å². The molecule has 0 saturated heterocycles. The fourth-order valence-electron chi connectivity index (χ4n) is 1.03. The van der Waals surface area contributed by atoms with E-state index in [1.165, 1.54) is 0 Å². The van der Waals surface area contributed by atoms with Crippen molar-refractivity contribution >= 4 is 5.91 Å². The Kier molecular flexibility index (Phi) is 5.88. The van der Waals surface area contributed by atoms with Gasteiger partial charge in [-0.1, -0.05) is 27.7 Å². The normalized spacial score (nSPS) is 15.9. The van der Waals surface area contributed by atoms with Crippen LogP contribution >= 0.6 is 0 Å². The fraction of sp³-hybridized carbons (Fsp3) is 0.917. The van der Waals surface area contributed by atoms with Crippen LogP contribution in [0.5, 0.6) is 0 Å². The molecule has 0 spiro atoms. The van der Waals surface area contributed by atoms with Gasteiger partial charge in [0.15, 0.2) is 0 Å². The number of likely N-dealkylation sites (N-methyl/N-ethyl adjacent to an activating group) is 1. The van der Waals surface area contributed by atoms with Gasteiger partial charge in [-0.05, 0) is 25.3 Å². The predicted molar refractivity (Wildman–Crippen MR) is 64.8 cm³/mol. The maximum Gasteiger partial charge on any atom is 0.220 e. The summed E-state index contributed by atoms with van der Waals surface area (Å²) in [5.41, 5.74) is 0.200. The van der Waals surface area contributed by atoms with Crippen LogP contribution in [-0.2, 0) is 4.79 Å². The van der Waals surface area contributed by atoms with Crippen LogP contribution in [0.15, 0.2) is 0 Å². The van der Waals surface area contributed by atoms with Gasteiger partial charge in [0.1, 0.15) is 0 Å². The Labute approximate surface area is 94.0 Å². The highest BCUT2D eigenvalue weighted by molar-refractivity contribution is 5.76. The molecule has 0 aliphatic rings. The van der Waals surface area contributed by atoms with Crippen LogP contribution < -0.4 is 10.6 Å². The van der Waals surface area contributed by atoms with E-state index in [0.717, 1.165) is 0 Å². The Hall–Kier alpha value is -0.570. The van der Waals surface area contributed by atoms with Crippen LogP contribution in [0.3, 0.4) is 0 Å². The highest BCUT2D eigenvalue weighted by Gasteiger charge is 2.22. The van der Waals surface area contributed by atoms with Gasteiger partial charge in [0.25, 0.3) is 0 Å². The van der Waals surface area contributed by atoms with E-state index in [0.29, 0.717) is 24.9 Å². The van der Waals surface area contributed by atoms with Crippen LogP contribution in [0.25, 0.3) is 0 Å². The van der Waals surface area contributed by atoms with E-state index in [1.807, 2.05) is 14.0 Å². The van der Waals surface area contributed by atoms with Gasteiger partial charge >= 0.3 is 0 Å². The molecule has 90 valence electrons. The number of amides is 1. The molecule has 0 aromatic rings. The molecule has 15 heavy (non-hydrogen) atoms. The zero-order valence-electron chi connectivity index (χ0n) is 11.0. The number of nitrogens with one attached hydrogen (secondary N) is 2. The van der Waals surface area contributed by atoms with Gasteiger partial charge in [0.2, 0.25) is 5.91 Å². The molecule has 3 heteroatoms. The van der Waals surface area contributed by atoms with Crippen molar-refractivity contribution in [3.05, 3.63) is 0 Å². The van der Waals surface area contributed by atoms with E-state index in [2.05, 4.69) is 38.3 Å². The summed E-state index contributed by atoms with van der Waals surface area (Å²) in [4.78, 5) is 11.6. The number of hydrogen-bond donors (Lipinski definition) is 2. The molecule has 2 atom stereocenters. The SMILES string of the molecule is CNC(C)CNC(=O)CC(C)C(C)(C)C. The predicted octanol–water partition coefficient (Wildman–Crippen LogP) is 1.78. The minimum atomic E-state index is 0.152. The Balaban J connectivity index is 3.84. The third kappa shape index (κ3) is 6.50. The van der Waals surface area contributed by atoms with Gasteiger partial charge in [0, 0.05) is 19.0 Å². The first kappa shape index (κ1) is 14.4. The lowest BCUT2D eigenvalue weighted by Gasteiger charge is -2.26. The van der Waals surface area contributed by atoms with Crippen LogP contribution in [0.2, 0.25) is 0 Å². The molecule has 0 radical (unpaired) electrons. The van der Waals surface area contributed by atoms with Gasteiger partial charge in [-0.15, -0.1) is 0 Å². The van der Waals surface area contributed by atoms with Gasteiger partial charge in [-0.25, -0.2) is 0 Å². The molecule has 0 heterocycles. The summed E-state index contributed by atoms with van der Waals surface area (Å²) < 4.78 is 0. The summed E-state index contributed by atoms with van der Waals surface area (Å²) in [5.74, 6) is 0.557. The lowest BCUT2D eigenvalue weighted by atomic mass is 9.80. The van der Waals surface area contributed by atoms with Crippen molar-refractivity contribution in [2.75, 3.05) is 13.6 Å². The number of carbonyl (C=O) groups is 1. The van der Waals surface area contributed by atoms with E-state index in [9.17, 15) is 4.79 Å². The molecule has 3 nitrogen and oxygen atoms in total. The number of rotatable bonds is 5. The van der Waals surface area contributed by atoms with E-state index in [1.54, 1.807) is 0 Å². The van der Waals surface area contributed by atoms with Gasteiger partial charge in [-0.3, -0.25) is 4.79 Å². The second kappa shape index (κ2) is 6.11. The standard InChI is InChI=1S/C12H26N2O/c1-9(12(3,4)5)7-11(15)14-8-10(2)13-6/h9-10,13H,7-8H2,1-6H3,(H,14,15). The summed E-state index contributed by atoms with van der Waals surface area (Å²) in [6.45, 7) is 11.4. The maximum absolute atomic E-state index is 11.6. The van der Waals surface area contributed by atoms with Crippen molar-refractivity contribution in [1.29, 1.82) is 0 Å². The smallest absolute Gasteiger partial charge is 0.220 e. The average Bonchev–Trinajstić information content (AvgIpc) is 2.12. The molecule has 0 fully saturated rings. The molecule has 1 amide bonds. The largest absolute Gasteiger partial charge is 0.355 e. The lowest BCUT2D eigenvalue weighted by molar-refractivity contribution is -0.122. The first-order valence-electron chi connectivity index (χ1n) is 5.71. The molecular weight excluding hydrogens is 188 g/mol. The third-order valence-electron chi connectivity index (χ3n) is 3.07. The molecule has 0 aliphatic carbocycles. The van der Waals surface area contributed by atoms with Crippen molar-refractivity contribution in [2.45, 2.75) is 47.1 Å². The monoisotopic (exact) mass is 214 g/mol. The topological polar surface area (TPSA) is 41.1 Å². The molecule has 2 unspecified atom stereocenters. The van der Waals surface area contributed by atoms with Gasteiger partial charge in [0.05, 0.1) is 0 Å². The number of hydrogen-bond acceptors (Lipinski definition) is 2. The average molecular weight is 214 g/mol. The first-order valence-corrected chi connectivity index (χ1v) is 5.71. The summed E-state index contributed by atoms with van der Waals surface area (Å²) in [6, 6.07) is 0.332. The molecule has 0 rings (SSSR count). The molecule has 0 aliphatic heterocycles. The molecular formula is C12H26N2O. The second-order valence-electron chi connectivity index (χ2n) is 5.46. The Morgan fingerprint density at radius 3 is 2.20 bits per heavy atom. The molecule has 0 aromatic carbocycles. The van der Waals surface area contributed by atoms with Crippen molar-refractivity contribution in [3.8, 4) is 0 Å². The highest BCUT2D eigenvalue weighted by Crippen LogP contribution is 2.27. The zero-order chi connectivity index (χ0) is 12.1. The highest BCUT2D eigenvalue weighted by atomic mass is 16.1. The van der Waals surface area contributed by atoms with E-state index < -0.39 is 0 Å². The zero-order valence-corrected chi connectivity index (χ0v) is 11.0. The quantitative estimate of drug-likeness (QED) is 0.732.